The van der Waals surface area contributed by atoms with E-state index >= 15 is 0 Å². The number of likely N-dealkylation sites (tertiary alicyclic amines) is 1. The van der Waals surface area contributed by atoms with E-state index in [9.17, 15) is 18.4 Å². The third-order valence-corrected chi connectivity index (χ3v) is 3.92. The van der Waals surface area contributed by atoms with Gasteiger partial charge >= 0.3 is 6.09 Å². The molecule has 2 rings (SSSR count). The minimum atomic E-state index is -0.862. The van der Waals surface area contributed by atoms with E-state index in [1.54, 1.807) is 20.8 Å². The van der Waals surface area contributed by atoms with Gasteiger partial charge in [0.05, 0.1) is 0 Å². The van der Waals surface area contributed by atoms with E-state index in [1.165, 1.54) is 11.0 Å². The lowest BCUT2D eigenvalue weighted by atomic mass is 9.97. The van der Waals surface area contributed by atoms with Gasteiger partial charge in [-0.15, -0.1) is 0 Å². The molecule has 1 aromatic carbocycles. The second-order valence-corrected chi connectivity index (χ2v) is 7.24. The topological polar surface area (TPSA) is 58.6 Å². The van der Waals surface area contributed by atoms with Gasteiger partial charge in [0, 0.05) is 19.6 Å². The molecule has 2 amide bonds. The van der Waals surface area contributed by atoms with Crippen molar-refractivity contribution in [3.63, 3.8) is 0 Å². The summed E-state index contributed by atoms with van der Waals surface area (Å²) in [6.07, 6.45) is 1.01. The molecule has 1 aliphatic rings. The Morgan fingerprint density at radius 3 is 2.52 bits per heavy atom. The Morgan fingerprint density at radius 1 is 1.28 bits per heavy atom. The lowest BCUT2D eigenvalue weighted by molar-refractivity contribution is 0.0502. The first-order chi connectivity index (χ1) is 11.7. The van der Waals surface area contributed by atoms with Crippen molar-refractivity contribution in [1.29, 1.82) is 0 Å². The van der Waals surface area contributed by atoms with Gasteiger partial charge in [0.15, 0.2) is 0 Å². The summed E-state index contributed by atoms with van der Waals surface area (Å²) in [6, 6.07) is 3.37. The van der Waals surface area contributed by atoms with Gasteiger partial charge < -0.3 is 15.0 Å². The van der Waals surface area contributed by atoms with Crippen molar-refractivity contribution < 1.29 is 23.1 Å². The molecule has 0 saturated carbocycles. The Hall–Kier alpha value is -2.18. The standard InChI is InChI=1S/C18H24F2N2O3/c1-18(2,3)25-17(24)21-10-12-6-5-9-22(11-12)16(23)15-13(19)7-4-8-14(15)20/h4,7-8,12H,5-6,9-11H2,1-3H3,(H,21,24)/t12-/m0/s1. The van der Waals surface area contributed by atoms with Crippen molar-refractivity contribution in [2.75, 3.05) is 19.6 Å². The molecule has 0 unspecified atom stereocenters. The zero-order valence-corrected chi connectivity index (χ0v) is 14.8. The van der Waals surface area contributed by atoms with Crippen molar-refractivity contribution in [3.05, 3.63) is 35.4 Å². The van der Waals surface area contributed by atoms with Crippen LogP contribution in [0.2, 0.25) is 0 Å². The van der Waals surface area contributed by atoms with E-state index < -0.39 is 34.8 Å². The van der Waals surface area contributed by atoms with E-state index in [4.69, 9.17) is 4.74 Å². The number of benzene rings is 1. The first-order valence-corrected chi connectivity index (χ1v) is 8.37. The molecule has 0 aromatic heterocycles. The fraction of sp³-hybridized carbons (Fsp3) is 0.556. The summed E-state index contributed by atoms with van der Waals surface area (Å²) < 4.78 is 32.8. The summed E-state index contributed by atoms with van der Waals surface area (Å²) in [5, 5.41) is 2.68. The number of carbonyl (C=O) groups excluding carboxylic acids is 2. The van der Waals surface area contributed by atoms with Gasteiger partial charge in [-0.1, -0.05) is 6.07 Å². The smallest absolute Gasteiger partial charge is 0.407 e. The Balaban J connectivity index is 1.94. The van der Waals surface area contributed by atoms with Crippen molar-refractivity contribution in [2.45, 2.75) is 39.2 Å². The summed E-state index contributed by atoms with van der Waals surface area (Å²) in [5.74, 6) is -2.37. The number of halogens is 2. The van der Waals surface area contributed by atoms with Gasteiger partial charge in [-0.25, -0.2) is 13.6 Å². The minimum absolute atomic E-state index is 0.0139. The molecule has 1 N–H and O–H groups in total. The van der Waals surface area contributed by atoms with E-state index in [-0.39, 0.29) is 5.92 Å². The normalized spacial score (nSPS) is 18.0. The number of amides is 2. The first-order valence-electron chi connectivity index (χ1n) is 8.37. The van der Waals surface area contributed by atoms with Gasteiger partial charge in [-0.05, 0) is 51.7 Å². The van der Waals surface area contributed by atoms with Gasteiger partial charge in [0.1, 0.15) is 22.8 Å². The van der Waals surface area contributed by atoms with Crippen LogP contribution in [0, 0.1) is 17.6 Å². The first kappa shape index (κ1) is 19.1. The number of nitrogens with zero attached hydrogens (tertiary/aromatic N) is 1. The van der Waals surface area contributed by atoms with Crippen LogP contribution in [0.25, 0.3) is 0 Å². The predicted octanol–water partition coefficient (Wildman–Crippen LogP) is 3.34. The third-order valence-electron chi connectivity index (χ3n) is 3.92. The molecular formula is C18H24F2N2O3. The second-order valence-electron chi connectivity index (χ2n) is 7.24. The van der Waals surface area contributed by atoms with Crippen LogP contribution in [-0.2, 0) is 4.74 Å². The summed E-state index contributed by atoms with van der Waals surface area (Å²) >= 11 is 0. The second kappa shape index (κ2) is 7.80. The highest BCUT2D eigenvalue weighted by molar-refractivity contribution is 5.94. The fourth-order valence-corrected chi connectivity index (χ4v) is 2.82. The molecule has 1 atom stereocenters. The number of piperidine rings is 1. The number of hydrogen-bond donors (Lipinski definition) is 1. The van der Waals surface area contributed by atoms with Crippen molar-refractivity contribution in [1.82, 2.24) is 10.2 Å². The monoisotopic (exact) mass is 354 g/mol. The maximum Gasteiger partial charge on any atom is 0.407 e. The molecule has 0 spiro atoms. The number of ether oxygens (including phenoxy) is 1. The fourth-order valence-electron chi connectivity index (χ4n) is 2.82. The third kappa shape index (κ3) is 5.41. The van der Waals surface area contributed by atoms with Gasteiger partial charge in [0.2, 0.25) is 0 Å². The average Bonchev–Trinajstić information content (AvgIpc) is 2.51. The molecule has 1 saturated heterocycles. The minimum Gasteiger partial charge on any atom is -0.444 e. The molecule has 0 aliphatic carbocycles. The van der Waals surface area contributed by atoms with Gasteiger partial charge in [0.25, 0.3) is 5.91 Å². The number of nitrogens with one attached hydrogen (secondary N) is 1. The lowest BCUT2D eigenvalue weighted by Gasteiger charge is -2.33. The van der Waals surface area contributed by atoms with Gasteiger partial charge in [-0.3, -0.25) is 4.79 Å². The predicted molar refractivity (Wildman–Crippen MR) is 89.2 cm³/mol. The van der Waals surface area contributed by atoms with Crippen LogP contribution in [0.3, 0.4) is 0 Å². The van der Waals surface area contributed by atoms with Crippen molar-refractivity contribution in [2.24, 2.45) is 5.92 Å². The molecule has 0 radical (unpaired) electrons. The number of carbonyl (C=O) groups is 2. The van der Waals surface area contributed by atoms with Crippen LogP contribution in [0.1, 0.15) is 44.0 Å². The molecule has 1 fully saturated rings. The highest BCUT2D eigenvalue weighted by Crippen LogP contribution is 2.21. The van der Waals surface area contributed by atoms with Crippen LogP contribution >= 0.6 is 0 Å². The highest BCUT2D eigenvalue weighted by Gasteiger charge is 2.28. The molecule has 1 aromatic rings. The van der Waals surface area contributed by atoms with Crippen LogP contribution in [0.15, 0.2) is 18.2 Å². The van der Waals surface area contributed by atoms with Crippen molar-refractivity contribution in [3.8, 4) is 0 Å². The van der Waals surface area contributed by atoms with E-state index in [0.717, 1.165) is 18.6 Å². The number of rotatable bonds is 3. The van der Waals surface area contributed by atoms with Crippen LogP contribution in [0.4, 0.5) is 13.6 Å². The molecule has 138 valence electrons. The molecule has 1 heterocycles. The summed E-state index contributed by atoms with van der Waals surface area (Å²) in [5.41, 5.74) is -1.11. The number of hydrogen-bond acceptors (Lipinski definition) is 3. The van der Waals surface area contributed by atoms with E-state index in [1.807, 2.05) is 0 Å². The Kier molecular flexibility index (Phi) is 5.98. The molecule has 0 bridgehead atoms. The van der Waals surface area contributed by atoms with Crippen molar-refractivity contribution >= 4 is 12.0 Å². The van der Waals surface area contributed by atoms with Crippen LogP contribution < -0.4 is 5.32 Å². The summed E-state index contributed by atoms with van der Waals surface area (Å²) in [7, 11) is 0. The summed E-state index contributed by atoms with van der Waals surface area (Å²) in [6.45, 7) is 6.44. The Morgan fingerprint density at radius 2 is 1.92 bits per heavy atom. The van der Waals surface area contributed by atoms with Crippen LogP contribution in [0.5, 0.6) is 0 Å². The summed E-state index contributed by atoms with van der Waals surface area (Å²) in [4.78, 5) is 25.6. The zero-order valence-electron chi connectivity index (χ0n) is 14.8. The highest BCUT2D eigenvalue weighted by atomic mass is 19.1. The Bertz CT molecular complexity index is 623. The largest absolute Gasteiger partial charge is 0.444 e. The lowest BCUT2D eigenvalue weighted by Crippen LogP contribution is -2.44. The Labute approximate surface area is 146 Å². The zero-order chi connectivity index (χ0) is 18.6. The van der Waals surface area contributed by atoms with Crippen LogP contribution in [-0.4, -0.2) is 42.1 Å². The molecule has 1 aliphatic heterocycles. The SMILES string of the molecule is CC(C)(C)OC(=O)NC[C@@H]1CCCN(C(=O)c2c(F)cccc2F)C1. The van der Waals surface area contributed by atoms with E-state index in [2.05, 4.69) is 5.32 Å². The van der Waals surface area contributed by atoms with E-state index in [0.29, 0.717) is 26.1 Å². The maximum atomic E-state index is 13.8. The maximum absolute atomic E-state index is 13.8. The molecule has 25 heavy (non-hydrogen) atoms. The quantitative estimate of drug-likeness (QED) is 0.906. The number of alkyl carbamates (subject to hydrolysis) is 1. The molecule has 5 nitrogen and oxygen atoms in total. The molecular weight excluding hydrogens is 330 g/mol. The van der Waals surface area contributed by atoms with Gasteiger partial charge in [-0.2, -0.15) is 0 Å². The average molecular weight is 354 g/mol. The molecule has 7 heteroatoms.